The van der Waals surface area contributed by atoms with Gasteiger partial charge in [-0.05, 0) is 12.1 Å². The molecule has 7 heteroatoms. The molecular weight excluding hydrogens is 259 g/mol. The van der Waals surface area contributed by atoms with Crippen LogP contribution in [0.5, 0.6) is 11.6 Å². The zero-order valence-electron chi connectivity index (χ0n) is 8.89. The van der Waals surface area contributed by atoms with Gasteiger partial charge in [0.15, 0.2) is 0 Å². The molecule has 0 saturated heterocycles. The Labute approximate surface area is 107 Å². The molecule has 0 saturated carbocycles. The smallest absolute Gasteiger partial charge is 0.225 e. The van der Waals surface area contributed by atoms with E-state index < -0.39 is 5.82 Å². The summed E-state index contributed by atoms with van der Waals surface area (Å²) >= 11 is 5.67. The molecule has 0 aliphatic carbocycles. The Morgan fingerprint density at radius 1 is 1.33 bits per heavy atom. The Balaban J connectivity index is 2.29. The van der Waals surface area contributed by atoms with Crippen LogP contribution in [-0.2, 0) is 0 Å². The van der Waals surface area contributed by atoms with Crippen molar-refractivity contribution in [1.29, 1.82) is 5.26 Å². The number of anilines is 1. The molecule has 1 aromatic heterocycles. The first-order valence-electron chi connectivity index (χ1n) is 4.76. The molecular formula is C11H6ClFN4O. The Morgan fingerprint density at radius 3 is 2.72 bits per heavy atom. The van der Waals surface area contributed by atoms with Gasteiger partial charge < -0.3 is 10.5 Å². The predicted octanol–water partition coefficient (Wildman–Crippen LogP) is 2.52. The maximum Gasteiger partial charge on any atom is 0.225 e. The van der Waals surface area contributed by atoms with Crippen LogP contribution in [0.1, 0.15) is 5.56 Å². The largest absolute Gasteiger partial charge is 0.439 e. The second-order valence-electron chi connectivity index (χ2n) is 3.24. The zero-order valence-corrected chi connectivity index (χ0v) is 9.65. The maximum atomic E-state index is 13.3. The van der Waals surface area contributed by atoms with Crippen molar-refractivity contribution in [2.24, 2.45) is 0 Å². The van der Waals surface area contributed by atoms with E-state index in [1.165, 1.54) is 18.2 Å². The summed E-state index contributed by atoms with van der Waals surface area (Å²) in [7, 11) is 0. The molecule has 5 nitrogen and oxygen atoms in total. The fraction of sp³-hybridized carbons (Fsp3) is 0. The van der Waals surface area contributed by atoms with Gasteiger partial charge in [-0.15, -0.1) is 0 Å². The third-order valence-electron chi connectivity index (χ3n) is 1.97. The Bertz CT molecular complexity index is 621. The van der Waals surface area contributed by atoms with Crippen LogP contribution in [0.3, 0.4) is 0 Å². The van der Waals surface area contributed by atoms with Crippen molar-refractivity contribution in [1.82, 2.24) is 9.97 Å². The number of halogens is 2. The molecule has 1 heterocycles. The summed E-state index contributed by atoms with van der Waals surface area (Å²) in [6.45, 7) is 0. The van der Waals surface area contributed by atoms with Gasteiger partial charge in [-0.25, -0.2) is 9.37 Å². The van der Waals surface area contributed by atoms with Gasteiger partial charge in [0.05, 0.1) is 5.56 Å². The van der Waals surface area contributed by atoms with Gasteiger partial charge in [0, 0.05) is 12.1 Å². The highest BCUT2D eigenvalue weighted by atomic mass is 35.5. The predicted molar refractivity (Wildman–Crippen MR) is 62.6 cm³/mol. The first-order valence-corrected chi connectivity index (χ1v) is 5.14. The Morgan fingerprint density at radius 2 is 2.11 bits per heavy atom. The summed E-state index contributed by atoms with van der Waals surface area (Å²) < 4.78 is 18.6. The zero-order chi connectivity index (χ0) is 13.1. The summed E-state index contributed by atoms with van der Waals surface area (Å²) in [5.74, 6) is -0.452. The van der Waals surface area contributed by atoms with Crippen molar-refractivity contribution in [3.8, 4) is 17.7 Å². The first-order chi connectivity index (χ1) is 8.58. The molecule has 1 aromatic carbocycles. The summed E-state index contributed by atoms with van der Waals surface area (Å²) in [6, 6.07) is 6.86. The molecule has 0 fully saturated rings. The number of benzene rings is 1. The SMILES string of the molecule is N#Cc1ccc(Oc2cc(Cl)nc(N)n2)cc1F. The number of nitrogen functional groups attached to an aromatic ring is 1. The first kappa shape index (κ1) is 12.1. The molecule has 0 radical (unpaired) electrons. The number of nitrogens with two attached hydrogens (primary N) is 1. The average Bonchev–Trinajstić information content (AvgIpc) is 2.27. The molecule has 0 amide bonds. The number of nitriles is 1. The van der Waals surface area contributed by atoms with Crippen LogP contribution >= 0.6 is 11.6 Å². The molecule has 90 valence electrons. The van der Waals surface area contributed by atoms with E-state index in [-0.39, 0.29) is 28.3 Å². The van der Waals surface area contributed by atoms with Gasteiger partial charge in [0.2, 0.25) is 11.8 Å². The highest BCUT2D eigenvalue weighted by molar-refractivity contribution is 6.29. The molecule has 2 N–H and O–H groups in total. The number of rotatable bonds is 2. The van der Waals surface area contributed by atoms with E-state index in [2.05, 4.69) is 9.97 Å². The van der Waals surface area contributed by atoms with Crippen molar-refractivity contribution in [3.63, 3.8) is 0 Å². The summed E-state index contributed by atoms with van der Waals surface area (Å²) in [5, 5.41) is 8.70. The summed E-state index contributed by atoms with van der Waals surface area (Å²) in [5.41, 5.74) is 5.32. The van der Waals surface area contributed by atoms with Gasteiger partial charge >= 0.3 is 0 Å². The number of nitrogens with zero attached hydrogens (tertiary/aromatic N) is 3. The maximum absolute atomic E-state index is 13.3. The monoisotopic (exact) mass is 264 g/mol. The molecule has 2 aromatic rings. The quantitative estimate of drug-likeness (QED) is 0.843. The van der Waals surface area contributed by atoms with Gasteiger partial charge in [-0.1, -0.05) is 11.6 Å². The van der Waals surface area contributed by atoms with Crippen molar-refractivity contribution >= 4 is 17.5 Å². The lowest BCUT2D eigenvalue weighted by Gasteiger charge is -2.05. The number of hydrogen-bond acceptors (Lipinski definition) is 5. The molecule has 0 spiro atoms. The van der Waals surface area contributed by atoms with Crippen molar-refractivity contribution in [2.45, 2.75) is 0 Å². The number of hydrogen-bond donors (Lipinski definition) is 1. The van der Waals surface area contributed by atoms with Crippen LogP contribution < -0.4 is 10.5 Å². The third kappa shape index (κ3) is 2.64. The van der Waals surface area contributed by atoms with Crippen LogP contribution in [-0.4, -0.2) is 9.97 Å². The van der Waals surface area contributed by atoms with E-state index in [0.717, 1.165) is 6.07 Å². The van der Waals surface area contributed by atoms with Crippen LogP contribution in [0.25, 0.3) is 0 Å². The molecule has 0 atom stereocenters. The lowest BCUT2D eigenvalue weighted by molar-refractivity contribution is 0.457. The van der Waals surface area contributed by atoms with E-state index >= 15 is 0 Å². The standard InChI is InChI=1S/C11H6ClFN4O/c12-9-4-10(17-11(15)16-9)18-7-2-1-6(5-14)8(13)3-7/h1-4H,(H2,15,16,17). The third-order valence-corrected chi connectivity index (χ3v) is 2.17. The lowest BCUT2D eigenvalue weighted by atomic mass is 10.2. The van der Waals surface area contributed by atoms with Crippen LogP contribution in [0.2, 0.25) is 5.15 Å². The van der Waals surface area contributed by atoms with Crippen LogP contribution in [0.15, 0.2) is 24.3 Å². The normalized spacial score (nSPS) is 9.83. The van der Waals surface area contributed by atoms with Gasteiger partial charge in [-0.3, -0.25) is 0 Å². The lowest BCUT2D eigenvalue weighted by Crippen LogP contribution is -1.97. The van der Waals surface area contributed by atoms with Gasteiger partial charge in [0.25, 0.3) is 0 Å². The Hall–Kier alpha value is -2.39. The second-order valence-corrected chi connectivity index (χ2v) is 3.63. The minimum Gasteiger partial charge on any atom is -0.439 e. The topological polar surface area (TPSA) is 84.8 Å². The van der Waals surface area contributed by atoms with E-state index in [0.29, 0.717) is 0 Å². The van der Waals surface area contributed by atoms with Crippen LogP contribution in [0, 0.1) is 17.1 Å². The summed E-state index contributed by atoms with van der Waals surface area (Å²) in [6.07, 6.45) is 0. The van der Waals surface area contributed by atoms with E-state index in [4.69, 9.17) is 27.3 Å². The van der Waals surface area contributed by atoms with Crippen molar-refractivity contribution in [3.05, 3.63) is 40.8 Å². The number of aromatic nitrogens is 2. The molecule has 2 rings (SSSR count). The van der Waals surface area contributed by atoms with E-state index in [1.54, 1.807) is 6.07 Å². The highest BCUT2D eigenvalue weighted by Crippen LogP contribution is 2.23. The summed E-state index contributed by atoms with van der Waals surface area (Å²) in [4.78, 5) is 7.43. The number of ether oxygens (including phenoxy) is 1. The van der Waals surface area contributed by atoms with Crippen molar-refractivity contribution in [2.75, 3.05) is 5.73 Å². The molecule has 0 bridgehead atoms. The Kier molecular flexibility index (Phi) is 3.26. The minimum atomic E-state index is -0.678. The fourth-order valence-corrected chi connectivity index (χ4v) is 1.42. The minimum absolute atomic E-state index is 0.0494. The molecule has 0 unspecified atom stereocenters. The molecule has 18 heavy (non-hydrogen) atoms. The van der Waals surface area contributed by atoms with Gasteiger partial charge in [-0.2, -0.15) is 10.2 Å². The second kappa shape index (κ2) is 4.85. The van der Waals surface area contributed by atoms with E-state index in [9.17, 15) is 4.39 Å². The molecule has 0 aliphatic rings. The fourth-order valence-electron chi connectivity index (χ4n) is 1.24. The van der Waals surface area contributed by atoms with Crippen molar-refractivity contribution < 1.29 is 9.13 Å². The highest BCUT2D eigenvalue weighted by Gasteiger charge is 2.06. The van der Waals surface area contributed by atoms with E-state index in [1.807, 2.05) is 0 Å². The molecule has 0 aliphatic heterocycles. The average molecular weight is 265 g/mol. The van der Waals surface area contributed by atoms with Crippen LogP contribution in [0.4, 0.5) is 10.3 Å². The van der Waals surface area contributed by atoms with Gasteiger partial charge in [0.1, 0.15) is 22.8 Å².